The molecule has 0 aliphatic carbocycles. The predicted molar refractivity (Wildman–Crippen MR) is 116 cm³/mol. The first-order valence-electron chi connectivity index (χ1n) is 9.09. The summed E-state index contributed by atoms with van der Waals surface area (Å²) in [6.45, 7) is 11.8. The average molecular weight is 475 g/mol. The van der Waals surface area contributed by atoms with Gasteiger partial charge in [-0.2, -0.15) is 0 Å². The van der Waals surface area contributed by atoms with Crippen molar-refractivity contribution in [1.29, 1.82) is 0 Å². The molecule has 1 fully saturated rings. The van der Waals surface area contributed by atoms with E-state index in [-0.39, 0.29) is 34.6 Å². The molecule has 0 saturated carbocycles. The number of likely N-dealkylation sites (N-methyl/N-ethyl adjacent to an activating group) is 1. The van der Waals surface area contributed by atoms with Gasteiger partial charge >= 0.3 is 0 Å². The molecule has 0 amide bonds. The third kappa shape index (κ3) is 6.08. The van der Waals surface area contributed by atoms with E-state index in [1.165, 1.54) is 6.07 Å². The van der Waals surface area contributed by atoms with Crippen LogP contribution in [0.15, 0.2) is 29.3 Å². The number of rotatable bonds is 7. The van der Waals surface area contributed by atoms with Crippen LogP contribution in [0.4, 0.5) is 5.69 Å². The van der Waals surface area contributed by atoms with Gasteiger partial charge in [0.25, 0.3) is 5.69 Å². The number of non-ortho nitro benzene ring substituents is 1. The molecule has 8 heteroatoms. The molecule has 1 aromatic rings. The normalized spacial score (nSPS) is 17.3. The summed E-state index contributed by atoms with van der Waals surface area (Å²) >= 11 is 0. The third-order valence-corrected chi connectivity index (χ3v) is 4.66. The van der Waals surface area contributed by atoms with Crippen LogP contribution in [-0.4, -0.2) is 59.4 Å². The molecular formula is C18H30IN5O2. The van der Waals surface area contributed by atoms with Crippen LogP contribution < -0.4 is 5.32 Å². The number of aliphatic imine (C=N–C) groups is 1. The molecule has 1 unspecified atom stereocenters. The lowest BCUT2D eigenvalue weighted by atomic mass is 10.2. The molecule has 1 aliphatic heterocycles. The largest absolute Gasteiger partial charge is 0.357 e. The van der Waals surface area contributed by atoms with Crippen LogP contribution in [0, 0.1) is 10.1 Å². The van der Waals surface area contributed by atoms with Gasteiger partial charge in [-0.25, -0.2) is 4.99 Å². The summed E-state index contributed by atoms with van der Waals surface area (Å²) in [6.07, 6.45) is 1.14. The predicted octanol–water partition coefficient (Wildman–Crippen LogP) is 3.09. The number of benzene rings is 1. The van der Waals surface area contributed by atoms with Crippen molar-refractivity contribution in [3.8, 4) is 0 Å². The fourth-order valence-electron chi connectivity index (χ4n) is 3.33. The van der Waals surface area contributed by atoms with Crippen molar-refractivity contribution in [2.24, 2.45) is 4.99 Å². The Kier molecular flexibility index (Phi) is 9.85. The summed E-state index contributed by atoms with van der Waals surface area (Å²) in [5.74, 6) is 0.892. The van der Waals surface area contributed by atoms with E-state index in [0.29, 0.717) is 12.6 Å². The molecule has 26 heavy (non-hydrogen) atoms. The summed E-state index contributed by atoms with van der Waals surface area (Å²) in [7, 11) is 0. The fraction of sp³-hybridized carbons (Fsp3) is 0.611. The molecule has 1 atom stereocenters. The standard InChI is InChI=1S/C18H29N5O2.HI/c1-4-19-18(22-11-10-17(14-22)21(5-2)6-3)20-13-15-8-7-9-16(12-15)23(24)25;/h7-9,12,17H,4-6,10-11,13-14H2,1-3H3,(H,19,20);1H. The number of guanidine groups is 1. The van der Waals surface area contributed by atoms with Crippen LogP contribution in [0.2, 0.25) is 0 Å². The molecule has 1 aliphatic rings. The van der Waals surface area contributed by atoms with Gasteiger partial charge in [0.05, 0.1) is 11.5 Å². The molecule has 1 aromatic carbocycles. The zero-order valence-corrected chi connectivity index (χ0v) is 18.2. The molecule has 0 bridgehead atoms. The number of nitrogens with one attached hydrogen (secondary N) is 1. The second-order valence-corrected chi connectivity index (χ2v) is 6.21. The van der Waals surface area contributed by atoms with Gasteiger partial charge in [0.15, 0.2) is 5.96 Å². The van der Waals surface area contributed by atoms with Crippen LogP contribution in [0.1, 0.15) is 32.8 Å². The second-order valence-electron chi connectivity index (χ2n) is 6.21. The zero-order valence-electron chi connectivity index (χ0n) is 15.9. The van der Waals surface area contributed by atoms with Gasteiger partial charge in [-0.3, -0.25) is 15.0 Å². The van der Waals surface area contributed by atoms with E-state index in [1.54, 1.807) is 12.1 Å². The molecule has 1 saturated heterocycles. The number of hydrogen-bond acceptors (Lipinski definition) is 4. The SMILES string of the molecule is CCNC(=NCc1cccc([N+](=O)[O-])c1)N1CCC(N(CC)CC)C1.I. The Bertz CT molecular complexity index is 607. The van der Waals surface area contributed by atoms with Crippen molar-refractivity contribution in [3.63, 3.8) is 0 Å². The lowest BCUT2D eigenvalue weighted by Crippen LogP contribution is -2.43. The maximum Gasteiger partial charge on any atom is 0.269 e. The number of hydrogen-bond donors (Lipinski definition) is 1. The highest BCUT2D eigenvalue weighted by Crippen LogP contribution is 2.17. The average Bonchev–Trinajstić information content (AvgIpc) is 3.09. The highest BCUT2D eigenvalue weighted by atomic mass is 127. The summed E-state index contributed by atoms with van der Waals surface area (Å²) < 4.78 is 0. The molecular weight excluding hydrogens is 445 g/mol. The van der Waals surface area contributed by atoms with E-state index in [0.717, 1.165) is 50.7 Å². The smallest absolute Gasteiger partial charge is 0.269 e. The Morgan fingerprint density at radius 1 is 1.38 bits per heavy atom. The third-order valence-electron chi connectivity index (χ3n) is 4.66. The van der Waals surface area contributed by atoms with E-state index in [9.17, 15) is 10.1 Å². The second kappa shape index (κ2) is 11.3. The van der Waals surface area contributed by atoms with E-state index < -0.39 is 0 Å². The van der Waals surface area contributed by atoms with Gasteiger partial charge in [0, 0.05) is 37.8 Å². The molecule has 0 radical (unpaired) electrons. The monoisotopic (exact) mass is 475 g/mol. The van der Waals surface area contributed by atoms with Crippen molar-refractivity contribution in [1.82, 2.24) is 15.1 Å². The van der Waals surface area contributed by atoms with E-state index >= 15 is 0 Å². The first kappa shape index (κ1) is 22.6. The van der Waals surface area contributed by atoms with Gasteiger partial charge in [-0.1, -0.05) is 26.0 Å². The Balaban J connectivity index is 0.00000338. The summed E-state index contributed by atoms with van der Waals surface area (Å²) in [5.41, 5.74) is 0.963. The van der Waals surface area contributed by atoms with Crippen LogP contribution in [0.5, 0.6) is 0 Å². The Labute approximate surface area is 173 Å². The number of likely N-dealkylation sites (tertiary alicyclic amines) is 1. The van der Waals surface area contributed by atoms with E-state index in [4.69, 9.17) is 4.99 Å². The zero-order chi connectivity index (χ0) is 18.2. The highest BCUT2D eigenvalue weighted by molar-refractivity contribution is 14.0. The van der Waals surface area contributed by atoms with E-state index in [1.807, 2.05) is 6.07 Å². The van der Waals surface area contributed by atoms with Gasteiger partial charge < -0.3 is 10.2 Å². The van der Waals surface area contributed by atoms with Gasteiger partial charge in [0.2, 0.25) is 0 Å². The molecule has 146 valence electrons. The number of nitro benzene ring substituents is 1. The van der Waals surface area contributed by atoms with Crippen molar-refractivity contribution >= 4 is 35.6 Å². The summed E-state index contributed by atoms with van der Waals surface area (Å²) in [4.78, 5) is 20.0. The van der Waals surface area contributed by atoms with Crippen LogP contribution in [-0.2, 0) is 6.54 Å². The lowest BCUT2D eigenvalue weighted by Gasteiger charge is -2.27. The minimum absolute atomic E-state index is 0. The van der Waals surface area contributed by atoms with Gasteiger partial charge in [-0.15, -0.1) is 24.0 Å². The van der Waals surface area contributed by atoms with Crippen molar-refractivity contribution < 1.29 is 4.92 Å². The number of halogens is 1. The lowest BCUT2D eigenvalue weighted by molar-refractivity contribution is -0.384. The summed E-state index contributed by atoms with van der Waals surface area (Å²) in [5, 5.41) is 14.3. The van der Waals surface area contributed by atoms with Crippen LogP contribution >= 0.6 is 24.0 Å². The van der Waals surface area contributed by atoms with Crippen molar-refractivity contribution in [3.05, 3.63) is 39.9 Å². The first-order valence-corrected chi connectivity index (χ1v) is 9.09. The summed E-state index contributed by atoms with van der Waals surface area (Å²) in [6, 6.07) is 7.26. The quantitative estimate of drug-likeness (QED) is 0.216. The molecule has 2 rings (SSSR count). The first-order chi connectivity index (χ1) is 12.1. The minimum Gasteiger partial charge on any atom is -0.357 e. The molecule has 0 aromatic heterocycles. The van der Waals surface area contributed by atoms with E-state index in [2.05, 4.69) is 35.9 Å². The maximum atomic E-state index is 10.9. The molecule has 1 heterocycles. The van der Waals surface area contributed by atoms with Crippen molar-refractivity contribution in [2.45, 2.75) is 39.8 Å². The minimum atomic E-state index is -0.367. The van der Waals surface area contributed by atoms with Crippen molar-refractivity contribution in [2.75, 3.05) is 32.7 Å². The molecule has 7 nitrogen and oxygen atoms in total. The molecule has 0 spiro atoms. The Hall–Kier alpha value is -1.42. The Morgan fingerprint density at radius 3 is 2.73 bits per heavy atom. The van der Waals surface area contributed by atoms with Crippen LogP contribution in [0.25, 0.3) is 0 Å². The topological polar surface area (TPSA) is 74.0 Å². The Morgan fingerprint density at radius 2 is 2.12 bits per heavy atom. The number of nitro groups is 1. The fourth-order valence-corrected chi connectivity index (χ4v) is 3.33. The van der Waals surface area contributed by atoms with Crippen LogP contribution in [0.3, 0.4) is 0 Å². The van der Waals surface area contributed by atoms with Gasteiger partial charge in [0.1, 0.15) is 0 Å². The van der Waals surface area contributed by atoms with Gasteiger partial charge in [-0.05, 0) is 32.0 Å². The molecule has 1 N–H and O–H groups in total. The highest BCUT2D eigenvalue weighted by Gasteiger charge is 2.27. The number of nitrogens with zero attached hydrogens (tertiary/aromatic N) is 4. The maximum absolute atomic E-state index is 10.9.